The Hall–Kier alpha value is -1.23. The number of halogens is 2. The van der Waals surface area contributed by atoms with Gasteiger partial charge in [0.1, 0.15) is 5.57 Å². The number of rotatable bonds is 1. The number of hydrogen-bond donors (Lipinski definition) is 1. The molecule has 0 bridgehead atoms. The number of aliphatic hydroxyl groups is 1. The van der Waals surface area contributed by atoms with Crippen molar-refractivity contribution in [3.63, 3.8) is 0 Å². The SMILES string of the molecule is O=C1OC2(CCOCC2)C(O)=C1c1ccc(Cl)cc1Cl. The number of ether oxygens (including phenoxy) is 2. The van der Waals surface area contributed by atoms with E-state index in [2.05, 4.69) is 0 Å². The molecule has 2 aliphatic rings. The van der Waals surface area contributed by atoms with Crippen LogP contribution in [0, 0.1) is 0 Å². The van der Waals surface area contributed by atoms with E-state index in [9.17, 15) is 9.90 Å². The van der Waals surface area contributed by atoms with Crippen molar-refractivity contribution in [3.05, 3.63) is 39.6 Å². The van der Waals surface area contributed by atoms with Gasteiger partial charge >= 0.3 is 5.97 Å². The van der Waals surface area contributed by atoms with Crippen molar-refractivity contribution in [2.45, 2.75) is 18.4 Å². The zero-order valence-corrected chi connectivity index (χ0v) is 12.0. The molecule has 6 heteroatoms. The molecule has 0 radical (unpaired) electrons. The quantitative estimate of drug-likeness (QED) is 0.807. The number of aliphatic hydroxyl groups excluding tert-OH is 1. The standard InChI is InChI=1S/C14H12Cl2O4/c15-8-1-2-9(10(16)7-8)11-12(17)14(20-13(11)18)3-5-19-6-4-14/h1-2,7,17H,3-6H2. The summed E-state index contributed by atoms with van der Waals surface area (Å²) in [6, 6.07) is 4.75. The molecule has 1 aromatic carbocycles. The fourth-order valence-electron chi connectivity index (χ4n) is 2.57. The first kappa shape index (κ1) is 13.7. The maximum absolute atomic E-state index is 12.1. The van der Waals surface area contributed by atoms with Crippen molar-refractivity contribution in [1.29, 1.82) is 0 Å². The molecule has 0 amide bonds. The summed E-state index contributed by atoms with van der Waals surface area (Å²) in [7, 11) is 0. The summed E-state index contributed by atoms with van der Waals surface area (Å²) in [4.78, 5) is 12.1. The van der Waals surface area contributed by atoms with Gasteiger partial charge in [-0.3, -0.25) is 0 Å². The van der Waals surface area contributed by atoms with E-state index in [0.29, 0.717) is 41.7 Å². The monoisotopic (exact) mass is 314 g/mol. The van der Waals surface area contributed by atoms with Crippen molar-refractivity contribution < 1.29 is 19.4 Å². The molecule has 3 rings (SSSR count). The van der Waals surface area contributed by atoms with Gasteiger partial charge in [-0.05, 0) is 12.1 Å². The molecule has 20 heavy (non-hydrogen) atoms. The highest BCUT2D eigenvalue weighted by Gasteiger charge is 2.49. The molecule has 2 aliphatic heterocycles. The summed E-state index contributed by atoms with van der Waals surface area (Å²) in [6.45, 7) is 0.887. The molecule has 106 valence electrons. The molecule has 1 aromatic rings. The van der Waals surface area contributed by atoms with Crippen LogP contribution in [0.4, 0.5) is 0 Å². The van der Waals surface area contributed by atoms with Crippen LogP contribution in [-0.4, -0.2) is 29.9 Å². The Kier molecular flexibility index (Phi) is 3.40. The molecule has 0 atom stereocenters. The van der Waals surface area contributed by atoms with Gasteiger partial charge in [-0.25, -0.2) is 4.79 Å². The van der Waals surface area contributed by atoms with E-state index in [1.54, 1.807) is 12.1 Å². The van der Waals surface area contributed by atoms with E-state index in [1.807, 2.05) is 0 Å². The van der Waals surface area contributed by atoms with Crippen LogP contribution in [0.5, 0.6) is 0 Å². The van der Waals surface area contributed by atoms with Gasteiger partial charge in [-0.2, -0.15) is 0 Å². The smallest absolute Gasteiger partial charge is 0.343 e. The third kappa shape index (κ3) is 2.08. The van der Waals surface area contributed by atoms with Crippen LogP contribution in [0.15, 0.2) is 24.0 Å². The normalized spacial score (nSPS) is 21.4. The van der Waals surface area contributed by atoms with Gasteiger partial charge in [0.05, 0.1) is 18.2 Å². The van der Waals surface area contributed by atoms with Crippen LogP contribution < -0.4 is 0 Å². The first-order valence-corrected chi connectivity index (χ1v) is 6.99. The molecule has 0 aromatic heterocycles. The number of hydrogen-bond acceptors (Lipinski definition) is 4. The van der Waals surface area contributed by atoms with Gasteiger partial charge in [0, 0.05) is 23.4 Å². The molecule has 1 spiro atoms. The third-order valence-corrected chi connectivity index (χ3v) is 4.21. The molecule has 2 heterocycles. The fourth-order valence-corrected chi connectivity index (χ4v) is 3.07. The predicted octanol–water partition coefficient (Wildman–Crippen LogP) is 3.37. The summed E-state index contributed by atoms with van der Waals surface area (Å²) in [5, 5.41) is 11.2. The minimum Gasteiger partial charge on any atom is -0.507 e. The molecule has 1 N–H and O–H groups in total. The summed E-state index contributed by atoms with van der Waals surface area (Å²) in [6.07, 6.45) is 0.887. The Labute approximate surface area is 125 Å². The van der Waals surface area contributed by atoms with Crippen LogP contribution in [0.1, 0.15) is 18.4 Å². The van der Waals surface area contributed by atoms with E-state index in [0.717, 1.165) is 0 Å². The highest BCUT2D eigenvalue weighted by atomic mass is 35.5. The third-order valence-electron chi connectivity index (χ3n) is 3.66. The second-order valence-electron chi connectivity index (χ2n) is 4.84. The lowest BCUT2D eigenvalue weighted by Gasteiger charge is -2.31. The van der Waals surface area contributed by atoms with Gasteiger partial charge in [0.2, 0.25) is 0 Å². The number of carbonyl (C=O) groups excluding carboxylic acids is 1. The number of carbonyl (C=O) groups is 1. The summed E-state index contributed by atoms with van der Waals surface area (Å²) in [5.74, 6) is -0.622. The van der Waals surface area contributed by atoms with Crippen LogP contribution in [0.3, 0.4) is 0 Å². The van der Waals surface area contributed by atoms with Crippen molar-refractivity contribution in [2.75, 3.05) is 13.2 Å². The average Bonchev–Trinajstić information content (AvgIpc) is 2.63. The summed E-state index contributed by atoms with van der Waals surface area (Å²) >= 11 is 11.9. The molecule has 1 saturated heterocycles. The van der Waals surface area contributed by atoms with Crippen molar-refractivity contribution in [1.82, 2.24) is 0 Å². The fraction of sp³-hybridized carbons (Fsp3) is 0.357. The number of esters is 1. The Morgan fingerprint density at radius 2 is 1.90 bits per heavy atom. The van der Waals surface area contributed by atoms with Gasteiger partial charge in [-0.1, -0.05) is 29.3 Å². The molecule has 1 fully saturated rings. The van der Waals surface area contributed by atoms with E-state index in [1.165, 1.54) is 6.07 Å². The molecule has 4 nitrogen and oxygen atoms in total. The zero-order valence-electron chi connectivity index (χ0n) is 10.5. The molecular weight excluding hydrogens is 303 g/mol. The zero-order chi connectivity index (χ0) is 14.3. The average molecular weight is 315 g/mol. The topological polar surface area (TPSA) is 55.8 Å². The lowest BCUT2D eigenvalue weighted by molar-refractivity contribution is -0.154. The Morgan fingerprint density at radius 3 is 2.55 bits per heavy atom. The minimum absolute atomic E-state index is 0.0602. The van der Waals surface area contributed by atoms with Gasteiger partial charge in [0.25, 0.3) is 0 Å². The number of benzene rings is 1. The molecule has 0 aliphatic carbocycles. The second-order valence-corrected chi connectivity index (χ2v) is 5.69. The van der Waals surface area contributed by atoms with E-state index < -0.39 is 11.6 Å². The van der Waals surface area contributed by atoms with Crippen LogP contribution >= 0.6 is 23.2 Å². The van der Waals surface area contributed by atoms with E-state index >= 15 is 0 Å². The highest BCUT2D eigenvalue weighted by Crippen LogP contribution is 2.44. The van der Waals surface area contributed by atoms with Gasteiger partial charge in [0.15, 0.2) is 11.4 Å². The summed E-state index contributed by atoms with van der Waals surface area (Å²) in [5.41, 5.74) is -0.413. The van der Waals surface area contributed by atoms with Crippen molar-refractivity contribution >= 4 is 34.7 Å². The second kappa shape index (κ2) is 4.95. The van der Waals surface area contributed by atoms with Gasteiger partial charge in [-0.15, -0.1) is 0 Å². The van der Waals surface area contributed by atoms with E-state index in [4.69, 9.17) is 32.7 Å². The Balaban J connectivity index is 2.09. The molecular formula is C14H12Cl2O4. The van der Waals surface area contributed by atoms with Crippen LogP contribution in [0.2, 0.25) is 10.0 Å². The maximum atomic E-state index is 12.1. The lowest BCUT2D eigenvalue weighted by atomic mass is 9.90. The predicted molar refractivity (Wildman–Crippen MR) is 74.9 cm³/mol. The largest absolute Gasteiger partial charge is 0.507 e. The van der Waals surface area contributed by atoms with Gasteiger partial charge < -0.3 is 14.6 Å². The molecule has 0 saturated carbocycles. The minimum atomic E-state index is -0.965. The highest BCUT2D eigenvalue weighted by molar-refractivity contribution is 6.37. The summed E-state index contributed by atoms with van der Waals surface area (Å²) < 4.78 is 10.7. The van der Waals surface area contributed by atoms with Crippen molar-refractivity contribution in [3.8, 4) is 0 Å². The first-order valence-electron chi connectivity index (χ1n) is 6.24. The lowest BCUT2D eigenvalue weighted by Crippen LogP contribution is -2.38. The Bertz CT molecular complexity index is 603. The van der Waals surface area contributed by atoms with Crippen molar-refractivity contribution in [2.24, 2.45) is 0 Å². The van der Waals surface area contributed by atoms with Crippen LogP contribution in [0.25, 0.3) is 5.57 Å². The molecule has 0 unspecified atom stereocenters. The van der Waals surface area contributed by atoms with Crippen LogP contribution in [-0.2, 0) is 14.3 Å². The Morgan fingerprint density at radius 1 is 1.20 bits per heavy atom. The van der Waals surface area contributed by atoms with E-state index in [-0.39, 0.29) is 11.3 Å². The maximum Gasteiger partial charge on any atom is 0.343 e. The first-order chi connectivity index (χ1) is 9.53.